The first-order valence-electron chi connectivity index (χ1n) is 4.70. The Morgan fingerprint density at radius 3 is 2.41 bits per heavy atom. The molecule has 0 aliphatic rings. The average Bonchev–Trinajstić information content (AvgIpc) is 2.31. The van der Waals surface area contributed by atoms with Gasteiger partial charge in [0.1, 0.15) is 5.76 Å². The van der Waals surface area contributed by atoms with E-state index < -0.39 is 5.97 Å². The third kappa shape index (κ3) is 3.88. The molecule has 0 radical (unpaired) electrons. The summed E-state index contributed by atoms with van der Waals surface area (Å²) in [7, 11) is 1.20. The normalized spacial score (nSPS) is 12.4. The smallest absolute Gasteiger partial charge is 0.362 e. The number of hydrogen-bond acceptors (Lipinski definition) is 5. The van der Waals surface area contributed by atoms with E-state index in [1.54, 1.807) is 24.3 Å². The molecule has 1 rings (SSSR count). The Kier molecular flexibility index (Phi) is 4.66. The maximum absolute atomic E-state index is 11.2. The Balaban J connectivity index is 2.92. The molecule has 0 atom stereocenters. The van der Waals surface area contributed by atoms with Crippen molar-refractivity contribution in [1.82, 2.24) is 0 Å². The van der Waals surface area contributed by atoms with Gasteiger partial charge in [-0.2, -0.15) is 5.11 Å². The minimum absolute atomic E-state index is 0.234. The van der Waals surface area contributed by atoms with E-state index in [1.807, 2.05) is 0 Å². The number of benzene rings is 1. The van der Waals surface area contributed by atoms with Crippen molar-refractivity contribution in [2.75, 3.05) is 7.11 Å². The van der Waals surface area contributed by atoms with Crippen molar-refractivity contribution in [1.29, 1.82) is 0 Å². The number of ether oxygens (including phenoxy) is 1. The van der Waals surface area contributed by atoms with Crippen LogP contribution in [0.15, 0.2) is 46.0 Å². The highest BCUT2D eigenvalue weighted by Crippen LogP contribution is 2.18. The highest BCUT2D eigenvalue weighted by atomic mass is 35.5. The Bertz CT molecular complexity index is 462. The summed E-state index contributed by atoms with van der Waals surface area (Å²) >= 11 is 5.70. The Morgan fingerprint density at radius 2 is 1.94 bits per heavy atom. The molecular formula is C11H11ClN2O3. The molecule has 90 valence electrons. The van der Waals surface area contributed by atoms with Crippen LogP contribution >= 0.6 is 11.6 Å². The van der Waals surface area contributed by atoms with E-state index in [-0.39, 0.29) is 11.5 Å². The molecule has 1 aromatic rings. The molecular weight excluding hydrogens is 244 g/mol. The van der Waals surface area contributed by atoms with Crippen LogP contribution in [0.2, 0.25) is 5.02 Å². The van der Waals surface area contributed by atoms with E-state index in [1.165, 1.54) is 14.0 Å². The number of rotatable bonds is 3. The summed E-state index contributed by atoms with van der Waals surface area (Å²) in [5, 5.41) is 17.2. The second-order valence-electron chi connectivity index (χ2n) is 3.10. The molecule has 0 aromatic heterocycles. The van der Waals surface area contributed by atoms with Crippen molar-refractivity contribution in [2.45, 2.75) is 6.92 Å². The standard InChI is InChI=1S/C11H11ClN2O3/c1-7(15)10(11(16)17-2)14-13-9-5-3-8(12)4-6-9/h3-6,15H,1-2H3/b10-7-,14-13?. The number of methoxy groups -OCH3 is 1. The first kappa shape index (κ1) is 13.2. The van der Waals surface area contributed by atoms with Gasteiger partial charge < -0.3 is 9.84 Å². The number of carbonyl (C=O) groups is 1. The van der Waals surface area contributed by atoms with E-state index in [0.29, 0.717) is 10.7 Å². The number of halogens is 1. The van der Waals surface area contributed by atoms with Gasteiger partial charge in [-0.3, -0.25) is 0 Å². The first-order valence-corrected chi connectivity index (χ1v) is 5.08. The first-order chi connectivity index (χ1) is 8.04. The summed E-state index contributed by atoms with van der Waals surface area (Å²) in [5.74, 6) is -1.00. The zero-order valence-electron chi connectivity index (χ0n) is 9.35. The van der Waals surface area contributed by atoms with Crippen LogP contribution in [-0.4, -0.2) is 18.2 Å². The van der Waals surface area contributed by atoms with Crippen LogP contribution in [0.25, 0.3) is 0 Å². The van der Waals surface area contributed by atoms with Crippen LogP contribution in [0, 0.1) is 0 Å². The lowest BCUT2D eigenvalue weighted by molar-refractivity contribution is -0.136. The molecule has 17 heavy (non-hydrogen) atoms. The number of carbonyl (C=O) groups excluding carboxylic acids is 1. The van der Waals surface area contributed by atoms with Crippen LogP contribution in [0.4, 0.5) is 5.69 Å². The third-order valence-corrected chi connectivity index (χ3v) is 2.07. The van der Waals surface area contributed by atoms with Crippen molar-refractivity contribution < 1.29 is 14.6 Å². The highest BCUT2D eigenvalue weighted by Gasteiger charge is 2.12. The van der Waals surface area contributed by atoms with Crippen molar-refractivity contribution in [3.63, 3.8) is 0 Å². The van der Waals surface area contributed by atoms with Crippen LogP contribution < -0.4 is 0 Å². The van der Waals surface area contributed by atoms with Crippen LogP contribution in [0.3, 0.4) is 0 Å². The maximum atomic E-state index is 11.2. The predicted octanol–water partition coefficient (Wildman–Crippen LogP) is 3.39. The zero-order chi connectivity index (χ0) is 12.8. The van der Waals surface area contributed by atoms with Gasteiger partial charge in [0.15, 0.2) is 0 Å². The van der Waals surface area contributed by atoms with E-state index >= 15 is 0 Å². The van der Waals surface area contributed by atoms with Gasteiger partial charge in [0, 0.05) is 5.02 Å². The Labute approximate surface area is 103 Å². The number of azo groups is 1. The van der Waals surface area contributed by atoms with E-state index in [4.69, 9.17) is 11.6 Å². The summed E-state index contributed by atoms with van der Waals surface area (Å²) in [6.45, 7) is 1.33. The average molecular weight is 255 g/mol. The molecule has 0 heterocycles. The van der Waals surface area contributed by atoms with Crippen molar-refractivity contribution in [3.8, 4) is 0 Å². The number of nitrogens with zero attached hydrogens (tertiary/aromatic N) is 2. The van der Waals surface area contributed by atoms with Gasteiger partial charge in [-0.05, 0) is 31.2 Å². The molecule has 0 fully saturated rings. The topological polar surface area (TPSA) is 71.2 Å². The molecule has 6 heteroatoms. The summed E-state index contributed by atoms with van der Waals surface area (Å²) in [6.07, 6.45) is 0. The predicted molar refractivity (Wildman–Crippen MR) is 63.3 cm³/mol. The fraction of sp³-hybridized carbons (Fsp3) is 0.182. The van der Waals surface area contributed by atoms with Crippen LogP contribution in [-0.2, 0) is 9.53 Å². The molecule has 1 N–H and O–H groups in total. The largest absolute Gasteiger partial charge is 0.510 e. The van der Waals surface area contributed by atoms with Gasteiger partial charge >= 0.3 is 5.97 Å². The van der Waals surface area contributed by atoms with E-state index in [0.717, 1.165) is 0 Å². The molecule has 0 saturated carbocycles. The van der Waals surface area contributed by atoms with Gasteiger partial charge in [0.2, 0.25) is 5.70 Å². The SMILES string of the molecule is COC(=O)/C(N=Nc1ccc(Cl)cc1)=C(\C)O. The number of hydrogen-bond donors (Lipinski definition) is 1. The molecule has 0 spiro atoms. The molecule has 1 aromatic carbocycles. The summed E-state index contributed by atoms with van der Waals surface area (Å²) in [6, 6.07) is 6.55. The molecule has 0 aliphatic carbocycles. The third-order valence-electron chi connectivity index (χ3n) is 1.81. The molecule has 0 amide bonds. The Morgan fingerprint density at radius 1 is 1.35 bits per heavy atom. The van der Waals surface area contributed by atoms with E-state index in [2.05, 4.69) is 15.0 Å². The zero-order valence-corrected chi connectivity index (χ0v) is 10.1. The molecule has 0 saturated heterocycles. The number of esters is 1. The number of aliphatic hydroxyl groups excluding tert-OH is 1. The van der Waals surface area contributed by atoms with Gasteiger partial charge in [-0.25, -0.2) is 4.79 Å². The van der Waals surface area contributed by atoms with Crippen molar-refractivity contribution in [2.24, 2.45) is 10.2 Å². The summed E-state index contributed by atoms with van der Waals surface area (Å²) < 4.78 is 4.45. The quantitative estimate of drug-likeness (QED) is 0.389. The molecule has 0 unspecified atom stereocenters. The number of allylic oxidation sites excluding steroid dienone is 1. The van der Waals surface area contributed by atoms with Crippen molar-refractivity contribution >= 4 is 23.3 Å². The second-order valence-corrected chi connectivity index (χ2v) is 3.54. The molecule has 5 nitrogen and oxygen atoms in total. The van der Waals surface area contributed by atoms with Crippen LogP contribution in [0.5, 0.6) is 0 Å². The fourth-order valence-corrected chi connectivity index (χ4v) is 1.10. The maximum Gasteiger partial charge on any atom is 0.362 e. The lowest BCUT2D eigenvalue weighted by atomic mass is 10.3. The van der Waals surface area contributed by atoms with E-state index in [9.17, 15) is 9.90 Å². The Hall–Kier alpha value is -1.88. The monoisotopic (exact) mass is 254 g/mol. The minimum Gasteiger partial charge on any atom is -0.510 e. The highest BCUT2D eigenvalue weighted by molar-refractivity contribution is 6.30. The van der Waals surface area contributed by atoms with Gasteiger partial charge in [0.25, 0.3) is 0 Å². The lowest BCUT2D eigenvalue weighted by Gasteiger charge is -1.99. The van der Waals surface area contributed by atoms with Gasteiger partial charge in [-0.1, -0.05) is 11.6 Å². The minimum atomic E-state index is -0.747. The fourth-order valence-electron chi connectivity index (χ4n) is 0.973. The summed E-state index contributed by atoms with van der Waals surface area (Å²) in [4.78, 5) is 11.2. The molecule has 0 bridgehead atoms. The number of aliphatic hydroxyl groups is 1. The van der Waals surface area contributed by atoms with Crippen molar-refractivity contribution in [3.05, 3.63) is 40.7 Å². The van der Waals surface area contributed by atoms with Gasteiger partial charge in [-0.15, -0.1) is 5.11 Å². The lowest BCUT2D eigenvalue weighted by Crippen LogP contribution is -2.04. The van der Waals surface area contributed by atoms with Crippen LogP contribution in [0.1, 0.15) is 6.92 Å². The van der Waals surface area contributed by atoms with Gasteiger partial charge in [0.05, 0.1) is 12.8 Å². The second kappa shape index (κ2) is 6.00. The summed E-state index contributed by atoms with van der Waals surface area (Å²) in [5.41, 5.74) is 0.277. The molecule has 0 aliphatic heterocycles.